The summed E-state index contributed by atoms with van der Waals surface area (Å²) < 4.78 is 7.21. The summed E-state index contributed by atoms with van der Waals surface area (Å²) in [4.78, 5) is 53.6. The van der Waals surface area contributed by atoms with E-state index in [0.717, 1.165) is 11.1 Å². The average Bonchev–Trinajstić information content (AvgIpc) is 3.33. The maximum Gasteiger partial charge on any atom is 0.250 e. The maximum absolute atomic E-state index is 13.1. The highest BCUT2D eigenvalue weighted by Crippen LogP contribution is 2.08. The minimum atomic E-state index is -1.38. The Morgan fingerprint density at radius 3 is 2.28 bits per heavy atom. The molecule has 1 unspecified atom stereocenters. The molecule has 3 aromatic rings. The summed E-state index contributed by atoms with van der Waals surface area (Å²) in [7, 11) is 5.17. The highest BCUT2D eigenvalue weighted by molar-refractivity contribution is 6.57. The number of benzene rings is 2. The first-order valence-electron chi connectivity index (χ1n) is 12.3. The molecule has 1 aromatic heterocycles. The number of nitrogens with zero attached hydrogens (tertiary/aromatic N) is 2. The zero-order valence-corrected chi connectivity index (χ0v) is 21.8. The van der Waals surface area contributed by atoms with Gasteiger partial charge in [0.1, 0.15) is 18.1 Å². The molecule has 0 bridgehead atoms. The number of aromatic nitrogens is 2. The SMILES string of the molecule is [B]C(=O)NC(C)(C)C(=O)NC(COCc1ccccc1)C(=O)Nc1cn(CC(=O)NCc2ccccc2)cn1. The second kappa shape index (κ2) is 13.9. The van der Waals surface area contributed by atoms with E-state index in [9.17, 15) is 19.2 Å². The number of hydrogen-bond donors (Lipinski definition) is 4. The number of carbonyl (C=O) groups excluding carboxylic acids is 4. The van der Waals surface area contributed by atoms with Gasteiger partial charge in [-0.15, -0.1) is 0 Å². The van der Waals surface area contributed by atoms with Crippen LogP contribution in [0.2, 0.25) is 0 Å². The van der Waals surface area contributed by atoms with Crippen LogP contribution in [0.1, 0.15) is 25.0 Å². The summed E-state index contributed by atoms with van der Waals surface area (Å²) in [5, 5.41) is 10.4. The molecule has 202 valence electrons. The van der Waals surface area contributed by atoms with Gasteiger partial charge in [-0.3, -0.25) is 19.2 Å². The molecular weight excluding hydrogens is 499 g/mol. The van der Waals surface area contributed by atoms with Crippen LogP contribution in [-0.2, 0) is 38.8 Å². The van der Waals surface area contributed by atoms with E-state index < -0.39 is 29.2 Å². The molecule has 1 atom stereocenters. The first-order chi connectivity index (χ1) is 18.6. The predicted octanol–water partition coefficient (Wildman–Crippen LogP) is 1.50. The lowest BCUT2D eigenvalue weighted by atomic mass is 10.00. The van der Waals surface area contributed by atoms with Crippen LogP contribution in [0.4, 0.5) is 10.6 Å². The Balaban J connectivity index is 1.59. The van der Waals surface area contributed by atoms with Crippen molar-refractivity contribution < 1.29 is 23.9 Å². The Morgan fingerprint density at radius 2 is 1.64 bits per heavy atom. The van der Waals surface area contributed by atoms with Crippen LogP contribution >= 0.6 is 0 Å². The normalized spacial score (nSPS) is 11.7. The molecule has 2 radical (unpaired) electrons. The fourth-order valence-electron chi connectivity index (χ4n) is 3.50. The van der Waals surface area contributed by atoms with Gasteiger partial charge in [0.25, 0.3) is 5.91 Å². The monoisotopic (exact) mass is 530 g/mol. The highest BCUT2D eigenvalue weighted by atomic mass is 16.5. The number of ether oxygens (including phenoxy) is 1. The summed E-state index contributed by atoms with van der Waals surface area (Å²) >= 11 is 0. The number of hydrogen-bond acceptors (Lipinski definition) is 6. The van der Waals surface area contributed by atoms with Crippen LogP contribution in [0.15, 0.2) is 73.2 Å². The second-order valence-electron chi connectivity index (χ2n) is 9.32. The Labute approximate surface area is 228 Å². The van der Waals surface area contributed by atoms with Gasteiger partial charge in [-0.25, -0.2) is 4.98 Å². The van der Waals surface area contributed by atoms with Gasteiger partial charge in [0.2, 0.25) is 19.7 Å². The van der Waals surface area contributed by atoms with Gasteiger partial charge in [0.05, 0.1) is 19.5 Å². The molecule has 3 rings (SSSR count). The van der Waals surface area contributed by atoms with Gasteiger partial charge < -0.3 is 30.6 Å². The van der Waals surface area contributed by atoms with Crippen molar-refractivity contribution in [1.29, 1.82) is 0 Å². The Bertz CT molecular complexity index is 1270. The fourth-order valence-corrected chi connectivity index (χ4v) is 3.50. The lowest BCUT2D eigenvalue weighted by Gasteiger charge is -2.27. The van der Waals surface area contributed by atoms with E-state index in [1.165, 1.54) is 30.9 Å². The van der Waals surface area contributed by atoms with Gasteiger partial charge in [0.15, 0.2) is 11.6 Å². The molecule has 0 saturated heterocycles. The standard InChI is InChI=1S/C27H31BN6O5/c1-27(2,33-26(28)38)25(37)31-21(17-39-16-20-11-7-4-8-12-20)24(36)32-22-14-34(18-30-22)15-23(35)29-13-19-9-5-3-6-10-19/h3-12,14,18,21H,13,15-17H2,1-2H3,(H,29,35)(H,31,37)(H,32,36)(H,33,38). The predicted molar refractivity (Wildman–Crippen MR) is 146 cm³/mol. The van der Waals surface area contributed by atoms with Crippen LogP contribution < -0.4 is 21.3 Å². The van der Waals surface area contributed by atoms with Crippen LogP contribution in [-0.4, -0.2) is 59.1 Å². The summed E-state index contributed by atoms with van der Waals surface area (Å²) in [6.45, 7) is 3.37. The lowest BCUT2D eigenvalue weighted by Crippen LogP contribution is -2.59. The van der Waals surface area contributed by atoms with Gasteiger partial charge in [-0.2, -0.15) is 0 Å². The van der Waals surface area contributed by atoms with E-state index in [1.54, 1.807) is 0 Å². The maximum atomic E-state index is 13.1. The molecule has 0 spiro atoms. The average molecular weight is 530 g/mol. The summed E-state index contributed by atoms with van der Waals surface area (Å²) in [5.74, 6) is -2.14. The first-order valence-corrected chi connectivity index (χ1v) is 12.3. The first kappa shape index (κ1) is 29.1. The van der Waals surface area contributed by atoms with Crippen molar-refractivity contribution in [2.45, 2.75) is 45.1 Å². The van der Waals surface area contributed by atoms with Crippen molar-refractivity contribution in [1.82, 2.24) is 25.5 Å². The molecule has 0 saturated carbocycles. The largest absolute Gasteiger partial charge is 0.374 e. The molecule has 2 aromatic carbocycles. The molecule has 0 aliphatic heterocycles. The van der Waals surface area contributed by atoms with Crippen molar-refractivity contribution in [3.8, 4) is 0 Å². The molecule has 12 heteroatoms. The molecule has 4 amide bonds. The minimum absolute atomic E-state index is 0.00301. The number of anilines is 1. The summed E-state index contributed by atoms with van der Waals surface area (Å²) in [5.41, 5.74) is 0.489. The number of carbonyl (C=O) groups is 4. The molecular formula is C27H31BN6O5. The van der Waals surface area contributed by atoms with E-state index in [0.29, 0.717) is 6.54 Å². The topological polar surface area (TPSA) is 143 Å². The van der Waals surface area contributed by atoms with Crippen molar-refractivity contribution >= 4 is 37.2 Å². The minimum Gasteiger partial charge on any atom is -0.374 e. The number of imidazole rings is 1. The van der Waals surface area contributed by atoms with Crippen molar-refractivity contribution in [3.63, 3.8) is 0 Å². The zero-order valence-electron chi connectivity index (χ0n) is 21.8. The van der Waals surface area contributed by atoms with Crippen molar-refractivity contribution in [3.05, 3.63) is 84.3 Å². The van der Waals surface area contributed by atoms with Crippen molar-refractivity contribution in [2.75, 3.05) is 11.9 Å². The smallest absolute Gasteiger partial charge is 0.250 e. The molecule has 1 heterocycles. The second-order valence-corrected chi connectivity index (χ2v) is 9.32. The number of amides is 4. The van der Waals surface area contributed by atoms with Crippen LogP contribution in [0.25, 0.3) is 0 Å². The molecule has 4 N–H and O–H groups in total. The van der Waals surface area contributed by atoms with Gasteiger partial charge in [0, 0.05) is 12.7 Å². The van der Waals surface area contributed by atoms with Gasteiger partial charge in [-0.05, 0) is 25.0 Å². The molecule has 39 heavy (non-hydrogen) atoms. The van der Waals surface area contributed by atoms with E-state index >= 15 is 0 Å². The van der Waals surface area contributed by atoms with E-state index in [1.807, 2.05) is 60.7 Å². The van der Waals surface area contributed by atoms with E-state index in [4.69, 9.17) is 12.6 Å². The third-order valence-electron chi connectivity index (χ3n) is 5.56. The summed E-state index contributed by atoms with van der Waals surface area (Å²) in [6.07, 6.45) is 2.92. The van der Waals surface area contributed by atoms with Crippen LogP contribution in [0.5, 0.6) is 0 Å². The van der Waals surface area contributed by atoms with Crippen molar-refractivity contribution in [2.24, 2.45) is 0 Å². The molecule has 0 aliphatic rings. The van der Waals surface area contributed by atoms with Crippen LogP contribution in [0, 0.1) is 0 Å². The third kappa shape index (κ3) is 9.74. The number of rotatable bonds is 13. The molecule has 0 fully saturated rings. The third-order valence-corrected chi connectivity index (χ3v) is 5.56. The fraction of sp³-hybridized carbons (Fsp3) is 0.296. The zero-order chi connectivity index (χ0) is 28.3. The van der Waals surface area contributed by atoms with E-state index in [-0.39, 0.29) is 31.5 Å². The van der Waals surface area contributed by atoms with Gasteiger partial charge in [-0.1, -0.05) is 60.7 Å². The van der Waals surface area contributed by atoms with Gasteiger partial charge >= 0.3 is 0 Å². The van der Waals surface area contributed by atoms with E-state index in [2.05, 4.69) is 26.3 Å². The van der Waals surface area contributed by atoms with Crippen LogP contribution in [0.3, 0.4) is 0 Å². The highest BCUT2D eigenvalue weighted by Gasteiger charge is 2.32. The molecule has 11 nitrogen and oxygen atoms in total. The Morgan fingerprint density at radius 1 is 1.00 bits per heavy atom. The summed E-state index contributed by atoms with van der Waals surface area (Å²) in [6, 6.07) is 17.7. The Hall–Kier alpha value is -4.45. The Kier molecular flexibility index (Phi) is 10.4. The molecule has 0 aliphatic carbocycles. The quantitative estimate of drug-likeness (QED) is 0.247. The lowest BCUT2D eigenvalue weighted by molar-refractivity contribution is -0.131. The number of nitrogens with one attached hydrogen (secondary N) is 4.